The summed E-state index contributed by atoms with van der Waals surface area (Å²) in [6.07, 6.45) is 0. The first kappa shape index (κ1) is 13.7. The number of carbonyl (C=O) groups is 1. The van der Waals surface area contributed by atoms with E-state index < -0.39 is 0 Å². The van der Waals surface area contributed by atoms with Crippen LogP contribution in [-0.4, -0.2) is 46.2 Å². The first-order chi connectivity index (χ1) is 9.20. The number of hydrogen-bond donors (Lipinski definition) is 1. The normalized spacial score (nSPS) is 10.6. The van der Waals surface area contributed by atoms with Gasteiger partial charge >= 0.3 is 0 Å². The summed E-state index contributed by atoms with van der Waals surface area (Å²) in [5.74, 6) is 0.645. The molecule has 0 aliphatic heterocycles. The van der Waals surface area contributed by atoms with Crippen molar-refractivity contribution < 1.29 is 9.53 Å². The molecular formula is C12H16N4O2S. The lowest BCUT2D eigenvalue weighted by molar-refractivity contribution is 0.0671. The number of nitrogens with zero attached hydrogens (tertiary/aromatic N) is 3. The van der Waals surface area contributed by atoms with Crippen LogP contribution in [-0.2, 0) is 11.3 Å². The van der Waals surface area contributed by atoms with Crippen LogP contribution in [0.25, 0.3) is 0 Å². The van der Waals surface area contributed by atoms with Gasteiger partial charge in [0.2, 0.25) is 5.82 Å². The van der Waals surface area contributed by atoms with Gasteiger partial charge in [-0.3, -0.25) is 9.89 Å². The number of thiophene rings is 1. The molecule has 102 valence electrons. The largest absolute Gasteiger partial charge is 0.383 e. The average Bonchev–Trinajstić information content (AvgIpc) is 3.05. The molecule has 6 nitrogen and oxygen atoms in total. The molecule has 2 aromatic heterocycles. The van der Waals surface area contributed by atoms with Crippen LogP contribution in [0, 0.1) is 6.92 Å². The van der Waals surface area contributed by atoms with E-state index >= 15 is 0 Å². The van der Waals surface area contributed by atoms with Crippen molar-refractivity contribution in [2.45, 2.75) is 13.5 Å². The maximum Gasteiger partial charge on any atom is 0.293 e. The maximum atomic E-state index is 12.3. The Balaban J connectivity index is 2.10. The molecule has 19 heavy (non-hydrogen) atoms. The minimum Gasteiger partial charge on any atom is -0.383 e. The third-order valence-electron chi connectivity index (χ3n) is 2.57. The fourth-order valence-corrected chi connectivity index (χ4v) is 2.34. The van der Waals surface area contributed by atoms with Crippen molar-refractivity contribution in [3.8, 4) is 0 Å². The first-order valence-corrected chi connectivity index (χ1v) is 6.78. The van der Waals surface area contributed by atoms with Crippen LogP contribution >= 0.6 is 11.3 Å². The summed E-state index contributed by atoms with van der Waals surface area (Å²) in [7, 11) is 1.62. The Hall–Kier alpha value is -1.73. The number of H-pyrrole nitrogens is 1. The first-order valence-electron chi connectivity index (χ1n) is 5.90. The minimum absolute atomic E-state index is 0.185. The zero-order chi connectivity index (χ0) is 13.7. The Bertz CT molecular complexity index is 524. The molecule has 0 bridgehead atoms. The van der Waals surface area contributed by atoms with E-state index in [2.05, 4.69) is 15.2 Å². The highest BCUT2D eigenvalue weighted by Crippen LogP contribution is 2.13. The summed E-state index contributed by atoms with van der Waals surface area (Å²) < 4.78 is 5.04. The lowest BCUT2D eigenvalue weighted by atomic mass is 10.3. The summed E-state index contributed by atoms with van der Waals surface area (Å²) >= 11 is 1.62. The lowest BCUT2D eigenvalue weighted by Gasteiger charge is -2.20. The molecule has 0 saturated heterocycles. The van der Waals surface area contributed by atoms with E-state index in [0.717, 1.165) is 4.88 Å². The molecule has 1 amide bonds. The second-order valence-electron chi connectivity index (χ2n) is 4.04. The Morgan fingerprint density at radius 3 is 3.00 bits per heavy atom. The monoisotopic (exact) mass is 280 g/mol. The highest BCUT2D eigenvalue weighted by Gasteiger charge is 2.20. The van der Waals surface area contributed by atoms with Crippen LogP contribution < -0.4 is 0 Å². The van der Waals surface area contributed by atoms with Gasteiger partial charge in [-0.1, -0.05) is 6.07 Å². The summed E-state index contributed by atoms with van der Waals surface area (Å²) in [4.78, 5) is 19.2. The quantitative estimate of drug-likeness (QED) is 0.869. The van der Waals surface area contributed by atoms with Crippen molar-refractivity contribution in [3.63, 3.8) is 0 Å². The topological polar surface area (TPSA) is 71.1 Å². The standard InChI is InChI=1S/C12H16N4O2S/c1-9-13-11(15-14-9)12(17)16(5-6-18-2)8-10-4-3-7-19-10/h3-4,7H,5-6,8H2,1-2H3,(H,13,14,15). The van der Waals surface area contributed by atoms with Gasteiger partial charge in [-0.25, -0.2) is 4.98 Å². The Kier molecular flexibility index (Phi) is 4.64. The van der Waals surface area contributed by atoms with Crippen molar-refractivity contribution in [1.29, 1.82) is 0 Å². The summed E-state index contributed by atoms with van der Waals surface area (Å²) in [6, 6.07) is 3.97. The van der Waals surface area contributed by atoms with Crippen molar-refractivity contribution in [3.05, 3.63) is 34.0 Å². The zero-order valence-corrected chi connectivity index (χ0v) is 11.7. The number of hydrogen-bond acceptors (Lipinski definition) is 5. The molecule has 0 fully saturated rings. The SMILES string of the molecule is COCCN(Cc1cccs1)C(=O)c1n[nH]c(C)n1. The summed E-state index contributed by atoms with van der Waals surface area (Å²) in [5.41, 5.74) is 0. The predicted octanol–water partition coefficient (Wildman–Crippen LogP) is 1.46. The molecule has 7 heteroatoms. The van der Waals surface area contributed by atoms with Gasteiger partial charge in [0.1, 0.15) is 5.82 Å². The number of rotatable bonds is 6. The van der Waals surface area contributed by atoms with Gasteiger partial charge in [0.25, 0.3) is 5.91 Å². The van der Waals surface area contributed by atoms with Crippen LogP contribution in [0.2, 0.25) is 0 Å². The van der Waals surface area contributed by atoms with Crippen LogP contribution in [0.15, 0.2) is 17.5 Å². The fraction of sp³-hybridized carbons (Fsp3) is 0.417. The Morgan fingerprint density at radius 1 is 1.58 bits per heavy atom. The van der Waals surface area contributed by atoms with Crippen LogP contribution in [0.4, 0.5) is 0 Å². The van der Waals surface area contributed by atoms with E-state index in [1.54, 1.807) is 30.3 Å². The van der Waals surface area contributed by atoms with Gasteiger partial charge in [-0.2, -0.15) is 0 Å². The predicted molar refractivity (Wildman–Crippen MR) is 72.1 cm³/mol. The summed E-state index contributed by atoms with van der Waals surface area (Å²) in [5, 5.41) is 8.58. The second-order valence-corrected chi connectivity index (χ2v) is 5.08. The molecule has 0 unspecified atom stereocenters. The van der Waals surface area contributed by atoms with Crippen LogP contribution in [0.5, 0.6) is 0 Å². The van der Waals surface area contributed by atoms with E-state index in [0.29, 0.717) is 25.5 Å². The molecule has 0 aliphatic carbocycles. The molecule has 2 aromatic rings. The molecule has 0 saturated carbocycles. The number of carbonyl (C=O) groups excluding carboxylic acids is 1. The van der Waals surface area contributed by atoms with E-state index in [1.165, 1.54) is 0 Å². The van der Waals surface area contributed by atoms with E-state index in [1.807, 2.05) is 17.5 Å². The number of amides is 1. The second kappa shape index (κ2) is 6.44. The van der Waals surface area contributed by atoms with E-state index in [9.17, 15) is 4.79 Å². The summed E-state index contributed by atoms with van der Waals surface area (Å²) in [6.45, 7) is 3.32. The molecule has 1 N–H and O–H groups in total. The Morgan fingerprint density at radius 2 is 2.42 bits per heavy atom. The van der Waals surface area contributed by atoms with Crippen molar-refractivity contribution in [2.75, 3.05) is 20.3 Å². The molecule has 0 spiro atoms. The van der Waals surface area contributed by atoms with Crippen LogP contribution in [0.3, 0.4) is 0 Å². The van der Waals surface area contributed by atoms with Crippen molar-refractivity contribution in [1.82, 2.24) is 20.1 Å². The van der Waals surface area contributed by atoms with Crippen molar-refractivity contribution >= 4 is 17.2 Å². The van der Waals surface area contributed by atoms with E-state index in [4.69, 9.17) is 4.74 Å². The fourth-order valence-electron chi connectivity index (χ4n) is 1.62. The number of aromatic nitrogens is 3. The molecule has 0 atom stereocenters. The smallest absolute Gasteiger partial charge is 0.293 e. The zero-order valence-electron chi connectivity index (χ0n) is 10.9. The van der Waals surface area contributed by atoms with E-state index in [-0.39, 0.29) is 11.7 Å². The molecule has 0 radical (unpaired) electrons. The van der Waals surface area contributed by atoms with Gasteiger partial charge in [-0.05, 0) is 18.4 Å². The van der Waals surface area contributed by atoms with Gasteiger partial charge < -0.3 is 9.64 Å². The highest BCUT2D eigenvalue weighted by atomic mass is 32.1. The third-order valence-corrected chi connectivity index (χ3v) is 3.43. The number of aromatic amines is 1. The average molecular weight is 280 g/mol. The van der Waals surface area contributed by atoms with Gasteiger partial charge in [0.05, 0.1) is 13.2 Å². The third kappa shape index (κ3) is 3.62. The lowest BCUT2D eigenvalue weighted by Crippen LogP contribution is -2.34. The van der Waals surface area contributed by atoms with Gasteiger partial charge in [0.15, 0.2) is 0 Å². The number of methoxy groups -OCH3 is 1. The van der Waals surface area contributed by atoms with Crippen LogP contribution in [0.1, 0.15) is 21.3 Å². The molecule has 2 rings (SSSR count). The van der Waals surface area contributed by atoms with Gasteiger partial charge in [-0.15, -0.1) is 16.4 Å². The number of nitrogens with one attached hydrogen (secondary N) is 1. The Labute approximate surface area is 115 Å². The molecular weight excluding hydrogens is 264 g/mol. The number of ether oxygens (including phenoxy) is 1. The number of aryl methyl sites for hydroxylation is 1. The highest BCUT2D eigenvalue weighted by molar-refractivity contribution is 7.09. The maximum absolute atomic E-state index is 12.3. The minimum atomic E-state index is -0.185. The van der Waals surface area contributed by atoms with Gasteiger partial charge in [0, 0.05) is 18.5 Å². The molecule has 2 heterocycles. The van der Waals surface area contributed by atoms with Crippen molar-refractivity contribution in [2.24, 2.45) is 0 Å². The molecule has 0 aromatic carbocycles. The molecule has 0 aliphatic rings.